The topological polar surface area (TPSA) is 63.4 Å². The molecule has 1 heterocycles. The Morgan fingerprint density at radius 1 is 1.48 bits per heavy atom. The largest absolute Gasteiger partial charge is 0.326 e. The summed E-state index contributed by atoms with van der Waals surface area (Å²) in [5, 5.41) is -0.451. The second kappa shape index (κ2) is 7.09. The van der Waals surface area contributed by atoms with Gasteiger partial charge in [-0.2, -0.15) is 11.8 Å². The van der Waals surface area contributed by atoms with Gasteiger partial charge in [-0.15, -0.1) is 0 Å². The fourth-order valence-corrected chi connectivity index (χ4v) is 5.52. The van der Waals surface area contributed by atoms with E-state index in [1.54, 1.807) is 30.8 Å². The molecule has 1 fully saturated rings. The van der Waals surface area contributed by atoms with Gasteiger partial charge in [0.05, 0.1) is 0 Å². The van der Waals surface area contributed by atoms with Crippen LogP contribution < -0.4 is 5.73 Å². The van der Waals surface area contributed by atoms with Gasteiger partial charge in [0.25, 0.3) is 0 Å². The van der Waals surface area contributed by atoms with E-state index in [1.807, 2.05) is 4.90 Å². The van der Waals surface area contributed by atoms with Gasteiger partial charge in [-0.1, -0.05) is 19.1 Å². The molecule has 1 aromatic carbocycles. The molecule has 0 spiro atoms. The molecule has 0 aliphatic carbocycles. The Morgan fingerprint density at radius 2 is 2.24 bits per heavy atom. The minimum Gasteiger partial charge on any atom is -0.326 e. The maximum atomic E-state index is 13.5. The van der Waals surface area contributed by atoms with E-state index in [9.17, 15) is 12.8 Å². The van der Waals surface area contributed by atoms with E-state index in [0.717, 1.165) is 17.9 Å². The summed E-state index contributed by atoms with van der Waals surface area (Å²) in [5.41, 5.74) is 6.89. The van der Waals surface area contributed by atoms with E-state index in [0.29, 0.717) is 17.9 Å². The van der Waals surface area contributed by atoms with Gasteiger partial charge >= 0.3 is 0 Å². The summed E-state index contributed by atoms with van der Waals surface area (Å²) in [6.07, 6.45) is 0. The van der Waals surface area contributed by atoms with Crippen molar-refractivity contribution >= 4 is 21.6 Å². The van der Waals surface area contributed by atoms with Gasteiger partial charge in [0.2, 0.25) is 0 Å². The predicted octanol–water partition coefficient (Wildman–Crippen LogP) is 1.59. The Hall–Kier alpha value is -0.630. The molecular formula is C14H21FN2O2S2. The molecule has 0 amide bonds. The van der Waals surface area contributed by atoms with Gasteiger partial charge in [0.15, 0.2) is 9.84 Å². The maximum Gasteiger partial charge on any atom is 0.166 e. The molecule has 2 rings (SSSR count). The highest BCUT2D eigenvalue weighted by Gasteiger charge is 2.32. The lowest BCUT2D eigenvalue weighted by Crippen LogP contribution is -2.47. The molecule has 118 valence electrons. The lowest BCUT2D eigenvalue weighted by Gasteiger charge is -2.34. The highest BCUT2D eigenvalue weighted by Crippen LogP contribution is 2.24. The first-order chi connectivity index (χ1) is 9.97. The molecule has 1 aromatic rings. The Labute approximate surface area is 129 Å². The van der Waals surface area contributed by atoms with Gasteiger partial charge < -0.3 is 5.73 Å². The summed E-state index contributed by atoms with van der Waals surface area (Å²) in [6.45, 7) is 3.06. The maximum absolute atomic E-state index is 13.5. The molecule has 1 aliphatic heterocycles. The molecular weight excluding hydrogens is 311 g/mol. The lowest BCUT2D eigenvalue weighted by atomic mass is 10.1. The van der Waals surface area contributed by atoms with Crippen molar-refractivity contribution in [2.24, 2.45) is 5.73 Å². The molecule has 1 aliphatic rings. The molecule has 1 atom stereocenters. The number of rotatable bonds is 5. The SMILES string of the molecule is CCS(=O)(=O)C1CSCCN1Cc1ccc(F)c(CN)c1. The number of hydrogen-bond donors (Lipinski definition) is 1. The molecule has 0 bridgehead atoms. The number of benzene rings is 1. The van der Waals surface area contributed by atoms with Crippen molar-refractivity contribution in [3.63, 3.8) is 0 Å². The average molecular weight is 332 g/mol. The first-order valence-electron chi connectivity index (χ1n) is 6.98. The standard InChI is InChI=1S/C14H21FN2O2S2/c1-2-21(18,19)14-10-20-6-5-17(14)9-11-3-4-13(15)12(7-11)8-16/h3-4,7,14H,2,5-6,8-10,16H2,1H3. The highest BCUT2D eigenvalue weighted by atomic mass is 32.2. The second-order valence-electron chi connectivity index (χ2n) is 5.08. The lowest BCUT2D eigenvalue weighted by molar-refractivity contribution is 0.261. The summed E-state index contributed by atoms with van der Waals surface area (Å²) in [6, 6.07) is 4.83. The van der Waals surface area contributed by atoms with Crippen molar-refractivity contribution in [3.05, 3.63) is 35.1 Å². The fraction of sp³-hybridized carbons (Fsp3) is 0.571. The number of sulfone groups is 1. The highest BCUT2D eigenvalue weighted by molar-refractivity contribution is 8.01. The van der Waals surface area contributed by atoms with Crippen LogP contribution in [-0.2, 0) is 22.9 Å². The first kappa shape index (κ1) is 16.7. The van der Waals surface area contributed by atoms with Gasteiger partial charge in [-0.25, -0.2) is 12.8 Å². The second-order valence-corrected chi connectivity index (χ2v) is 8.68. The van der Waals surface area contributed by atoms with Crippen LogP contribution in [0, 0.1) is 5.82 Å². The van der Waals surface area contributed by atoms with Crippen LogP contribution in [0.5, 0.6) is 0 Å². The zero-order valence-electron chi connectivity index (χ0n) is 12.1. The zero-order valence-corrected chi connectivity index (χ0v) is 13.7. The monoisotopic (exact) mass is 332 g/mol. The third-order valence-corrected chi connectivity index (χ3v) is 7.06. The quantitative estimate of drug-likeness (QED) is 0.887. The number of hydrogen-bond acceptors (Lipinski definition) is 5. The Bertz CT molecular complexity index is 593. The van der Waals surface area contributed by atoms with E-state index in [2.05, 4.69) is 0 Å². The molecule has 7 heteroatoms. The zero-order chi connectivity index (χ0) is 15.5. The molecule has 21 heavy (non-hydrogen) atoms. The van der Waals surface area contributed by atoms with Gasteiger partial charge in [-0.3, -0.25) is 4.90 Å². The Morgan fingerprint density at radius 3 is 2.90 bits per heavy atom. The normalized spacial score (nSPS) is 20.6. The minimum absolute atomic E-state index is 0.145. The van der Waals surface area contributed by atoms with Crippen LogP contribution in [0.2, 0.25) is 0 Å². The van der Waals surface area contributed by atoms with Crippen molar-refractivity contribution in [2.75, 3.05) is 23.8 Å². The molecule has 0 aromatic heterocycles. The van der Waals surface area contributed by atoms with Crippen molar-refractivity contribution in [2.45, 2.75) is 25.4 Å². The molecule has 0 saturated carbocycles. The summed E-state index contributed by atoms with van der Waals surface area (Å²) in [5.74, 6) is 1.35. The van der Waals surface area contributed by atoms with Crippen molar-refractivity contribution in [1.29, 1.82) is 0 Å². The fourth-order valence-electron chi connectivity index (χ4n) is 2.44. The number of nitrogens with two attached hydrogens (primary N) is 1. The Balaban J connectivity index is 2.20. The Kier molecular flexibility index (Phi) is 5.65. The summed E-state index contributed by atoms with van der Waals surface area (Å²) >= 11 is 1.67. The summed E-state index contributed by atoms with van der Waals surface area (Å²) in [7, 11) is -3.11. The van der Waals surface area contributed by atoms with Crippen LogP contribution in [0.4, 0.5) is 4.39 Å². The van der Waals surface area contributed by atoms with Gasteiger partial charge in [0.1, 0.15) is 11.2 Å². The first-order valence-corrected chi connectivity index (χ1v) is 9.85. The van der Waals surface area contributed by atoms with Crippen molar-refractivity contribution < 1.29 is 12.8 Å². The summed E-state index contributed by atoms with van der Waals surface area (Å²) in [4.78, 5) is 1.98. The van der Waals surface area contributed by atoms with E-state index in [4.69, 9.17) is 5.73 Å². The van der Waals surface area contributed by atoms with Crippen LogP contribution in [0.3, 0.4) is 0 Å². The number of halogens is 1. The number of thioether (sulfide) groups is 1. The van der Waals surface area contributed by atoms with Crippen LogP contribution in [0.25, 0.3) is 0 Å². The minimum atomic E-state index is -3.11. The van der Waals surface area contributed by atoms with E-state index < -0.39 is 15.2 Å². The van der Waals surface area contributed by atoms with Crippen molar-refractivity contribution in [1.82, 2.24) is 4.90 Å². The average Bonchev–Trinajstić information content (AvgIpc) is 2.49. The summed E-state index contributed by atoms with van der Waals surface area (Å²) < 4.78 is 37.9. The molecule has 2 N–H and O–H groups in total. The van der Waals surface area contributed by atoms with Crippen LogP contribution in [-0.4, -0.2) is 42.5 Å². The van der Waals surface area contributed by atoms with Crippen LogP contribution in [0.15, 0.2) is 18.2 Å². The van der Waals surface area contributed by atoms with Crippen LogP contribution >= 0.6 is 11.8 Å². The molecule has 0 radical (unpaired) electrons. The van der Waals surface area contributed by atoms with E-state index in [-0.39, 0.29) is 18.1 Å². The van der Waals surface area contributed by atoms with Gasteiger partial charge in [-0.05, 0) is 11.6 Å². The van der Waals surface area contributed by atoms with Crippen molar-refractivity contribution in [3.8, 4) is 0 Å². The molecule has 1 unspecified atom stereocenters. The van der Waals surface area contributed by atoms with Gasteiger partial charge in [0, 0.05) is 42.5 Å². The molecule has 1 saturated heterocycles. The smallest absolute Gasteiger partial charge is 0.166 e. The predicted molar refractivity (Wildman–Crippen MR) is 85.3 cm³/mol. The third kappa shape index (κ3) is 3.97. The van der Waals surface area contributed by atoms with Crippen LogP contribution in [0.1, 0.15) is 18.1 Å². The van der Waals surface area contributed by atoms with E-state index >= 15 is 0 Å². The number of nitrogens with zero attached hydrogens (tertiary/aromatic N) is 1. The van der Waals surface area contributed by atoms with E-state index in [1.165, 1.54) is 6.07 Å². The molecule has 4 nitrogen and oxygen atoms in total. The third-order valence-electron chi connectivity index (χ3n) is 3.72.